The van der Waals surface area contributed by atoms with Gasteiger partial charge in [0.25, 0.3) is 0 Å². The molecule has 1 aromatic carbocycles. The molecule has 0 unspecified atom stereocenters. The Morgan fingerprint density at radius 2 is 2.04 bits per heavy atom. The van der Waals surface area contributed by atoms with E-state index >= 15 is 0 Å². The molecular weight excluding hydrogens is 334 g/mol. The predicted molar refractivity (Wildman–Crippen MR) is 85.3 cm³/mol. The van der Waals surface area contributed by atoms with Gasteiger partial charge in [0.2, 0.25) is 14.9 Å². The summed E-state index contributed by atoms with van der Waals surface area (Å²) < 4.78 is 25.8. The van der Waals surface area contributed by atoms with E-state index in [4.69, 9.17) is 5.11 Å². The molecule has 2 aromatic heterocycles. The zero-order valence-electron chi connectivity index (χ0n) is 12.4. The van der Waals surface area contributed by atoms with Crippen molar-refractivity contribution in [2.24, 2.45) is 0 Å². The van der Waals surface area contributed by atoms with Gasteiger partial charge in [-0.2, -0.15) is 0 Å². The maximum Gasteiger partial charge on any atom is 0.423 e. The van der Waals surface area contributed by atoms with E-state index in [2.05, 4.69) is 20.4 Å². The Bertz CT molecular complexity index is 1030. The maximum absolute atomic E-state index is 12.9. The van der Waals surface area contributed by atoms with E-state index in [0.717, 1.165) is 5.56 Å². The Hall–Kier alpha value is -3.14. The third kappa shape index (κ3) is 2.86. The van der Waals surface area contributed by atoms with Gasteiger partial charge in [-0.15, -0.1) is 0 Å². The van der Waals surface area contributed by atoms with Crippen molar-refractivity contribution in [1.29, 1.82) is 0 Å². The molecule has 0 fully saturated rings. The number of carboxylic acid groups (broad SMARTS) is 1. The minimum Gasteiger partial charge on any atom is -0.464 e. The van der Waals surface area contributed by atoms with Crippen molar-refractivity contribution < 1.29 is 18.3 Å². The number of hydrazine groups is 1. The predicted octanol–water partition coefficient (Wildman–Crippen LogP) is 1.69. The maximum atomic E-state index is 12.9. The second kappa shape index (κ2) is 5.81. The van der Waals surface area contributed by atoms with Crippen LogP contribution in [0.3, 0.4) is 0 Å². The van der Waals surface area contributed by atoms with Crippen LogP contribution >= 0.6 is 0 Å². The SMILES string of the molecule is Cc1cccc(S(=O)(=O)c2nc3[nH]ccc3nc2NNC(=O)O)c1. The summed E-state index contributed by atoms with van der Waals surface area (Å²) in [4.78, 5) is 21.7. The fourth-order valence-corrected chi connectivity index (χ4v) is 3.52. The van der Waals surface area contributed by atoms with Gasteiger partial charge in [-0.05, 0) is 30.7 Å². The number of hydrogen-bond acceptors (Lipinski definition) is 6. The molecule has 24 heavy (non-hydrogen) atoms. The molecule has 3 aromatic rings. The summed E-state index contributed by atoms with van der Waals surface area (Å²) in [7, 11) is -4.00. The number of anilines is 1. The van der Waals surface area contributed by atoms with Crippen LogP contribution in [-0.2, 0) is 9.84 Å². The number of carbonyl (C=O) groups is 1. The minimum absolute atomic E-state index is 0.0427. The molecule has 124 valence electrons. The number of benzene rings is 1. The van der Waals surface area contributed by atoms with Crippen LogP contribution in [-0.4, -0.2) is 34.6 Å². The molecule has 0 atom stereocenters. The standard InChI is InChI=1S/C14H13N5O4S/c1-8-3-2-4-9(7-8)24(22,23)13-12(18-19-14(20)21)16-10-5-6-15-11(10)17-13/h2-7,19H,1H3,(H,15,17)(H,16,18)(H,20,21). The van der Waals surface area contributed by atoms with Gasteiger partial charge in [0, 0.05) is 6.20 Å². The summed E-state index contributed by atoms with van der Waals surface area (Å²) in [5, 5.41) is 8.34. The Morgan fingerprint density at radius 1 is 1.25 bits per heavy atom. The van der Waals surface area contributed by atoms with E-state index in [1.54, 1.807) is 31.3 Å². The smallest absolute Gasteiger partial charge is 0.423 e. The number of H-pyrrole nitrogens is 1. The molecule has 0 radical (unpaired) electrons. The lowest BCUT2D eigenvalue weighted by Crippen LogP contribution is -2.29. The van der Waals surface area contributed by atoms with E-state index in [9.17, 15) is 13.2 Å². The van der Waals surface area contributed by atoms with Gasteiger partial charge < -0.3 is 10.1 Å². The largest absolute Gasteiger partial charge is 0.464 e. The van der Waals surface area contributed by atoms with Crippen molar-refractivity contribution in [3.8, 4) is 0 Å². The zero-order chi connectivity index (χ0) is 17.3. The van der Waals surface area contributed by atoms with Crippen molar-refractivity contribution in [2.75, 3.05) is 5.43 Å². The van der Waals surface area contributed by atoms with Gasteiger partial charge >= 0.3 is 6.09 Å². The van der Waals surface area contributed by atoms with Crippen LogP contribution in [0, 0.1) is 6.92 Å². The molecule has 0 spiro atoms. The number of hydrogen-bond donors (Lipinski definition) is 4. The second-order valence-electron chi connectivity index (χ2n) is 4.96. The summed E-state index contributed by atoms with van der Waals surface area (Å²) in [5.74, 6) is -0.203. The molecule has 3 rings (SSSR count). The highest BCUT2D eigenvalue weighted by atomic mass is 32.2. The second-order valence-corrected chi connectivity index (χ2v) is 6.83. The number of aromatic nitrogens is 3. The van der Waals surface area contributed by atoms with E-state index in [1.807, 2.05) is 5.43 Å². The molecule has 9 nitrogen and oxygen atoms in total. The Morgan fingerprint density at radius 3 is 2.75 bits per heavy atom. The molecule has 0 bridgehead atoms. The summed E-state index contributed by atoms with van der Waals surface area (Å²) in [6, 6.07) is 7.93. The molecule has 2 heterocycles. The fraction of sp³-hybridized carbons (Fsp3) is 0.0714. The molecule has 0 saturated carbocycles. The molecule has 0 aliphatic heterocycles. The quantitative estimate of drug-likeness (QED) is 0.527. The van der Waals surface area contributed by atoms with Gasteiger partial charge in [0.1, 0.15) is 5.52 Å². The van der Waals surface area contributed by atoms with Gasteiger partial charge in [-0.25, -0.2) is 28.6 Å². The number of nitrogens with one attached hydrogen (secondary N) is 3. The van der Waals surface area contributed by atoms with Crippen LogP contribution < -0.4 is 10.9 Å². The molecule has 1 amide bonds. The molecule has 0 saturated heterocycles. The zero-order valence-corrected chi connectivity index (χ0v) is 13.3. The first-order valence-corrected chi connectivity index (χ1v) is 8.28. The highest BCUT2D eigenvalue weighted by Crippen LogP contribution is 2.26. The van der Waals surface area contributed by atoms with Crippen molar-refractivity contribution in [3.63, 3.8) is 0 Å². The summed E-state index contributed by atoms with van der Waals surface area (Å²) in [5.41, 5.74) is 5.60. The number of fused-ring (bicyclic) bond motifs is 1. The first-order chi connectivity index (χ1) is 11.4. The van der Waals surface area contributed by atoms with Crippen LogP contribution in [0.15, 0.2) is 46.5 Å². The van der Waals surface area contributed by atoms with Crippen LogP contribution in [0.25, 0.3) is 11.2 Å². The van der Waals surface area contributed by atoms with Crippen molar-refractivity contribution in [1.82, 2.24) is 20.4 Å². The van der Waals surface area contributed by atoms with Crippen LogP contribution in [0.4, 0.5) is 10.6 Å². The van der Waals surface area contributed by atoms with E-state index in [-0.39, 0.29) is 21.4 Å². The Kier molecular flexibility index (Phi) is 3.81. The van der Waals surface area contributed by atoms with E-state index in [0.29, 0.717) is 5.52 Å². The highest BCUT2D eigenvalue weighted by molar-refractivity contribution is 7.91. The van der Waals surface area contributed by atoms with Crippen LogP contribution in [0.5, 0.6) is 0 Å². The number of amides is 1. The molecular formula is C14H13N5O4S. The lowest BCUT2D eigenvalue weighted by atomic mass is 10.2. The Labute approximate surface area is 136 Å². The monoisotopic (exact) mass is 347 g/mol. The first kappa shape index (κ1) is 15.7. The fourth-order valence-electron chi connectivity index (χ4n) is 2.13. The lowest BCUT2D eigenvalue weighted by molar-refractivity contribution is 0.196. The van der Waals surface area contributed by atoms with Crippen LogP contribution in [0.1, 0.15) is 5.56 Å². The molecule has 0 aliphatic rings. The molecule has 0 aliphatic carbocycles. The van der Waals surface area contributed by atoms with Crippen LogP contribution in [0.2, 0.25) is 0 Å². The minimum atomic E-state index is -4.00. The topological polar surface area (TPSA) is 137 Å². The number of rotatable bonds is 4. The van der Waals surface area contributed by atoms with E-state index in [1.165, 1.54) is 12.1 Å². The van der Waals surface area contributed by atoms with Gasteiger partial charge in [0.15, 0.2) is 11.5 Å². The van der Waals surface area contributed by atoms with Crippen molar-refractivity contribution >= 4 is 32.9 Å². The average molecular weight is 347 g/mol. The van der Waals surface area contributed by atoms with Gasteiger partial charge in [-0.3, -0.25) is 5.43 Å². The lowest BCUT2D eigenvalue weighted by Gasteiger charge is -2.11. The number of nitrogens with zero attached hydrogens (tertiary/aromatic N) is 2. The first-order valence-electron chi connectivity index (χ1n) is 6.80. The summed E-state index contributed by atoms with van der Waals surface area (Å²) in [6.07, 6.45) is 0.173. The molecule has 10 heteroatoms. The Balaban J connectivity index is 2.18. The average Bonchev–Trinajstić information content (AvgIpc) is 2.99. The summed E-state index contributed by atoms with van der Waals surface area (Å²) >= 11 is 0. The summed E-state index contributed by atoms with van der Waals surface area (Å²) in [6.45, 7) is 1.77. The highest BCUT2D eigenvalue weighted by Gasteiger charge is 2.26. The van der Waals surface area contributed by atoms with E-state index < -0.39 is 15.9 Å². The van der Waals surface area contributed by atoms with Gasteiger partial charge in [-0.1, -0.05) is 12.1 Å². The third-order valence-electron chi connectivity index (χ3n) is 3.19. The third-order valence-corrected chi connectivity index (χ3v) is 4.86. The van der Waals surface area contributed by atoms with Crippen molar-refractivity contribution in [2.45, 2.75) is 16.8 Å². The van der Waals surface area contributed by atoms with Crippen molar-refractivity contribution in [3.05, 3.63) is 42.1 Å². The number of aryl methyl sites for hydroxylation is 1. The number of sulfone groups is 1. The molecule has 4 N–H and O–H groups in total. The van der Waals surface area contributed by atoms with Gasteiger partial charge in [0.05, 0.1) is 4.90 Å². The normalized spacial score (nSPS) is 11.4. The number of aromatic amines is 1.